The third kappa shape index (κ3) is 2.04. The third-order valence-corrected chi connectivity index (χ3v) is 2.25. The summed E-state index contributed by atoms with van der Waals surface area (Å²) in [5.74, 6) is -0.814. The van der Waals surface area contributed by atoms with Crippen LogP contribution in [0.4, 0.5) is 0 Å². The number of rotatable bonds is 2. The minimum absolute atomic E-state index is 0.0804. The molecule has 6 nitrogen and oxygen atoms in total. The molecule has 18 heavy (non-hydrogen) atoms. The van der Waals surface area contributed by atoms with Crippen LogP contribution in [0, 0.1) is 6.92 Å². The summed E-state index contributed by atoms with van der Waals surface area (Å²) in [6.07, 6.45) is 0. The summed E-state index contributed by atoms with van der Waals surface area (Å²) in [7, 11) is 0. The van der Waals surface area contributed by atoms with Gasteiger partial charge in [-0.3, -0.25) is 4.79 Å². The first-order valence-corrected chi connectivity index (χ1v) is 5.28. The Hall–Kier alpha value is -2.37. The van der Waals surface area contributed by atoms with Crippen LogP contribution in [0.1, 0.15) is 23.2 Å². The summed E-state index contributed by atoms with van der Waals surface area (Å²) in [6.45, 7) is 3.30. The summed E-state index contributed by atoms with van der Waals surface area (Å²) in [5, 5.41) is 0.0804. The maximum atomic E-state index is 11.8. The van der Waals surface area contributed by atoms with Crippen LogP contribution in [0.3, 0.4) is 0 Å². The van der Waals surface area contributed by atoms with E-state index >= 15 is 0 Å². The number of esters is 1. The molecule has 0 aliphatic carbocycles. The van der Waals surface area contributed by atoms with Gasteiger partial charge in [-0.05, 0) is 19.9 Å². The summed E-state index contributed by atoms with van der Waals surface area (Å²) in [4.78, 5) is 34.7. The lowest BCUT2D eigenvalue weighted by atomic mass is 10.2. The number of fused-ring (bicyclic) bond motifs is 1. The van der Waals surface area contributed by atoms with Crippen LogP contribution in [0.25, 0.3) is 11.0 Å². The number of carbonyl (C=O) groups excluding carboxylic acids is 1. The molecule has 6 heteroatoms. The van der Waals surface area contributed by atoms with Crippen molar-refractivity contribution in [3.8, 4) is 0 Å². The molecule has 2 aromatic heterocycles. The highest BCUT2D eigenvalue weighted by molar-refractivity contribution is 5.88. The van der Waals surface area contributed by atoms with Gasteiger partial charge in [0.1, 0.15) is 5.76 Å². The number of hydrogen-bond donors (Lipinski definition) is 0. The highest BCUT2D eigenvalue weighted by atomic mass is 16.5. The molecule has 0 spiro atoms. The van der Waals surface area contributed by atoms with Crippen molar-refractivity contribution in [1.29, 1.82) is 0 Å². The molecule has 0 unspecified atom stereocenters. The van der Waals surface area contributed by atoms with Gasteiger partial charge in [0, 0.05) is 6.07 Å². The molecule has 0 radical (unpaired) electrons. The minimum Gasteiger partial charge on any atom is -0.460 e. The van der Waals surface area contributed by atoms with Crippen molar-refractivity contribution in [1.82, 2.24) is 0 Å². The van der Waals surface area contributed by atoms with Crippen molar-refractivity contribution in [2.75, 3.05) is 6.61 Å². The zero-order chi connectivity index (χ0) is 13.3. The van der Waals surface area contributed by atoms with E-state index in [1.54, 1.807) is 13.8 Å². The fraction of sp³-hybridized carbons (Fsp3) is 0.250. The number of ether oxygens (including phenoxy) is 1. The van der Waals surface area contributed by atoms with E-state index in [0.717, 1.165) is 6.07 Å². The van der Waals surface area contributed by atoms with Gasteiger partial charge in [0.25, 0.3) is 0 Å². The molecule has 2 heterocycles. The van der Waals surface area contributed by atoms with Crippen LogP contribution < -0.4 is 11.1 Å². The lowest BCUT2D eigenvalue weighted by molar-refractivity contribution is 0.0490. The maximum Gasteiger partial charge on any atom is 0.380 e. The monoisotopic (exact) mass is 250 g/mol. The Labute approximate surface area is 101 Å². The molecule has 0 aromatic carbocycles. The molecular formula is C12H10O6. The summed E-state index contributed by atoms with van der Waals surface area (Å²) >= 11 is 0. The van der Waals surface area contributed by atoms with Crippen LogP contribution in [0.5, 0.6) is 0 Å². The molecule has 0 fully saturated rings. The minimum atomic E-state index is -0.798. The molecule has 2 rings (SSSR count). The molecule has 0 aliphatic heterocycles. The molecule has 0 amide bonds. The van der Waals surface area contributed by atoms with Crippen molar-refractivity contribution >= 4 is 16.9 Å². The van der Waals surface area contributed by atoms with E-state index < -0.39 is 17.0 Å². The summed E-state index contributed by atoms with van der Waals surface area (Å²) in [5.41, 5.74) is -1.57. The topological polar surface area (TPSA) is 86.7 Å². The van der Waals surface area contributed by atoms with Crippen LogP contribution in [-0.4, -0.2) is 12.6 Å². The molecular weight excluding hydrogens is 240 g/mol. The van der Waals surface area contributed by atoms with Crippen molar-refractivity contribution in [2.45, 2.75) is 13.8 Å². The van der Waals surface area contributed by atoms with E-state index in [2.05, 4.69) is 0 Å². The molecule has 94 valence electrons. The Balaban J connectivity index is 2.74. The van der Waals surface area contributed by atoms with Gasteiger partial charge in [-0.2, -0.15) is 0 Å². The molecule has 2 aromatic rings. The Morgan fingerprint density at radius 2 is 2.00 bits per heavy atom. The predicted molar refractivity (Wildman–Crippen MR) is 61.7 cm³/mol. The van der Waals surface area contributed by atoms with Gasteiger partial charge in [-0.1, -0.05) is 0 Å². The standard InChI is InChI=1S/C12H10O6/c1-3-16-11(14)9-5-8(13)7-4-6(2)17-12(15)10(7)18-9/h4-5H,3H2,1-2H3. The smallest absolute Gasteiger partial charge is 0.380 e. The van der Waals surface area contributed by atoms with Crippen LogP contribution in [0.15, 0.2) is 30.6 Å². The lowest BCUT2D eigenvalue weighted by Gasteiger charge is -2.02. The third-order valence-electron chi connectivity index (χ3n) is 2.25. The molecule has 0 saturated carbocycles. The molecule has 0 N–H and O–H groups in total. The van der Waals surface area contributed by atoms with Crippen LogP contribution >= 0.6 is 0 Å². The second kappa shape index (κ2) is 4.48. The summed E-state index contributed by atoms with van der Waals surface area (Å²) < 4.78 is 14.6. The van der Waals surface area contributed by atoms with Gasteiger partial charge in [0.05, 0.1) is 12.0 Å². The highest BCUT2D eigenvalue weighted by Crippen LogP contribution is 2.10. The SMILES string of the molecule is CCOC(=O)c1cc(=O)c2cc(C)oc(=O)c2o1. The molecule has 0 aliphatic rings. The Morgan fingerprint density at radius 3 is 2.67 bits per heavy atom. The maximum absolute atomic E-state index is 11.8. The van der Waals surface area contributed by atoms with Gasteiger partial charge in [-0.25, -0.2) is 9.59 Å². The average Bonchev–Trinajstić information content (AvgIpc) is 2.30. The highest BCUT2D eigenvalue weighted by Gasteiger charge is 2.16. The van der Waals surface area contributed by atoms with Gasteiger partial charge >= 0.3 is 11.6 Å². The van der Waals surface area contributed by atoms with E-state index in [9.17, 15) is 14.4 Å². The Morgan fingerprint density at radius 1 is 1.28 bits per heavy atom. The first-order chi connectivity index (χ1) is 8.52. The van der Waals surface area contributed by atoms with E-state index in [1.165, 1.54) is 6.07 Å². The van der Waals surface area contributed by atoms with Crippen molar-refractivity contribution in [3.05, 3.63) is 44.3 Å². The molecule has 0 saturated heterocycles. The van der Waals surface area contributed by atoms with Crippen molar-refractivity contribution in [2.24, 2.45) is 0 Å². The number of hydrogen-bond acceptors (Lipinski definition) is 6. The van der Waals surface area contributed by atoms with E-state index in [4.69, 9.17) is 13.6 Å². The lowest BCUT2D eigenvalue weighted by Crippen LogP contribution is -2.13. The van der Waals surface area contributed by atoms with E-state index in [0.29, 0.717) is 5.76 Å². The van der Waals surface area contributed by atoms with Gasteiger partial charge in [0.2, 0.25) is 11.3 Å². The van der Waals surface area contributed by atoms with Gasteiger partial charge < -0.3 is 13.6 Å². The number of carbonyl (C=O) groups is 1. The van der Waals surface area contributed by atoms with Crippen molar-refractivity contribution < 1.29 is 18.4 Å². The Kier molecular flexibility index (Phi) is 3.01. The average molecular weight is 250 g/mol. The van der Waals surface area contributed by atoms with Gasteiger partial charge in [-0.15, -0.1) is 0 Å². The predicted octanol–water partition coefficient (Wildman–Crippen LogP) is 1.23. The van der Waals surface area contributed by atoms with Crippen LogP contribution in [-0.2, 0) is 4.74 Å². The summed E-state index contributed by atoms with van der Waals surface area (Å²) in [6, 6.07) is 2.39. The fourth-order valence-electron chi connectivity index (χ4n) is 1.52. The Bertz CT molecular complexity index is 721. The number of aryl methyl sites for hydroxylation is 1. The van der Waals surface area contributed by atoms with E-state index in [-0.39, 0.29) is 23.3 Å². The van der Waals surface area contributed by atoms with Gasteiger partial charge in [0.15, 0.2) is 5.43 Å². The zero-order valence-corrected chi connectivity index (χ0v) is 9.81. The largest absolute Gasteiger partial charge is 0.460 e. The normalized spacial score (nSPS) is 10.6. The second-order valence-corrected chi connectivity index (χ2v) is 3.58. The quantitative estimate of drug-likeness (QED) is 0.745. The first-order valence-electron chi connectivity index (χ1n) is 5.28. The molecule has 0 bridgehead atoms. The van der Waals surface area contributed by atoms with Crippen molar-refractivity contribution in [3.63, 3.8) is 0 Å². The second-order valence-electron chi connectivity index (χ2n) is 3.58. The van der Waals surface area contributed by atoms with E-state index in [1.807, 2.05) is 0 Å². The molecule has 0 atom stereocenters. The fourth-order valence-corrected chi connectivity index (χ4v) is 1.52. The van der Waals surface area contributed by atoms with Crippen LogP contribution in [0.2, 0.25) is 0 Å². The zero-order valence-electron chi connectivity index (χ0n) is 9.81. The first kappa shape index (κ1) is 12.1.